The van der Waals surface area contributed by atoms with Crippen LogP contribution in [-0.4, -0.2) is 68.7 Å². The second-order valence-corrected chi connectivity index (χ2v) is 11.3. The molecule has 2 aliphatic rings. The fraction of sp³-hybridized carbons (Fsp3) is 0.500. The number of fused-ring (bicyclic) bond motifs is 3. The number of hydrogen-bond acceptors (Lipinski definition) is 8. The Labute approximate surface area is 233 Å². The van der Waals surface area contributed by atoms with Crippen LogP contribution >= 0.6 is 0 Å². The Morgan fingerprint density at radius 2 is 2.00 bits per heavy atom. The van der Waals surface area contributed by atoms with E-state index in [-0.39, 0.29) is 23.3 Å². The molecule has 208 valence electrons. The average molecular weight is 542 g/mol. The first-order valence-electron chi connectivity index (χ1n) is 14.0. The first-order chi connectivity index (χ1) is 19.4. The van der Waals surface area contributed by atoms with E-state index in [1.54, 1.807) is 11.6 Å². The summed E-state index contributed by atoms with van der Waals surface area (Å²) in [6.07, 6.45) is 4.24. The number of likely N-dealkylation sites (tertiary alicyclic amines) is 1. The van der Waals surface area contributed by atoms with Crippen molar-refractivity contribution >= 4 is 22.1 Å². The lowest BCUT2D eigenvalue weighted by molar-refractivity contribution is 0.0482. The number of rotatable bonds is 7. The number of ether oxygens (including phenoxy) is 2. The number of nitrogens with zero attached hydrogens (tertiary/aromatic N) is 7. The van der Waals surface area contributed by atoms with E-state index in [0.717, 1.165) is 72.1 Å². The minimum absolute atomic E-state index is 0.0714. The standard InChI is InChI=1S/C30H35N7O3/c1-20(40-15-12-36-11-10-30(2,18-31)19-36)25-6-5-22(17-32-25)21-4-7-26-24(16-21)27-28(34-33-26)35(3)29(38)37(27)23-8-13-39-14-9-23/h4-7,16-17,20,23H,8-15,19H2,1-3H3/t20-,30+/m1/s1. The molecule has 1 aromatic carbocycles. The van der Waals surface area contributed by atoms with Crippen molar-refractivity contribution in [1.29, 1.82) is 5.26 Å². The van der Waals surface area contributed by atoms with Gasteiger partial charge in [-0.15, -0.1) is 10.2 Å². The number of aromatic nitrogens is 5. The van der Waals surface area contributed by atoms with E-state index in [0.29, 0.717) is 25.5 Å². The summed E-state index contributed by atoms with van der Waals surface area (Å²) >= 11 is 0. The van der Waals surface area contributed by atoms with Gasteiger partial charge in [-0.1, -0.05) is 12.1 Å². The molecule has 6 rings (SSSR count). The van der Waals surface area contributed by atoms with Crippen LogP contribution in [0.4, 0.5) is 0 Å². The molecule has 0 spiro atoms. The van der Waals surface area contributed by atoms with E-state index in [4.69, 9.17) is 14.5 Å². The van der Waals surface area contributed by atoms with Crippen LogP contribution in [0.25, 0.3) is 33.2 Å². The Morgan fingerprint density at radius 1 is 1.20 bits per heavy atom. The molecule has 0 unspecified atom stereocenters. The summed E-state index contributed by atoms with van der Waals surface area (Å²) in [6.45, 7) is 8.48. The van der Waals surface area contributed by atoms with Gasteiger partial charge >= 0.3 is 5.69 Å². The summed E-state index contributed by atoms with van der Waals surface area (Å²) in [4.78, 5) is 20.3. The third-order valence-electron chi connectivity index (χ3n) is 8.46. The second-order valence-electron chi connectivity index (χ2n) is 11.3. The predicted octanol–water partition coefficient (Wildman–Crippen LogP) is 4.01. The Bertz CT molecular complexity index is 1630. The van der Waals surface area contributed by atoms with Gasteiger partial charge in [0.05, 0.1) is 35.4 Å². The molecular weight excluding hydrogens is 506 g/mol. The van der Waals surface area contributed by atoms with Gasteiger partial charge in [-0.05, 0) is 63.4 Å². The lowest BCUT2D eigenvalue weighted by Crippen LogP contribution is -2.29. The zero-order valence-electron chi connectivity index (χ0n) is 23.3. The molecule has 2 saturated heterocycles. The monoisotopic (exact) mass is 541 g/mol. The van der Waals surface area contributed by atoms with Gasteiger partial charge < -0.3 is 9.47 Å². The second kappa shape index (κ2) is 10.7. The van der Waals surface area contributed by atoms with Gasteiger partial charge in [0.25, 0.3) is 0 Å². The number of benzene rings is 1. The Kier molecular flexibility index (Phi) is 7.13. The smallest absolute Gasteiger partial charge is 0.330 e. The fourth-order valence-electron chi connectivity index (χ4n) is 5.95. The van der Waals surface area contributed by atoms with Crippen molar-refractivity contribution in [2.45, 2.75) is 45.3 Å². The topological polar surface area (TPSA) is 111 Å². The SMILES string of the molecule is C[C@@H](OCCN1CC[C@@](C)(C#N)C1)c1ccc(-c2ccc3nnc4c(c3c2)n(C2CCOCC2)c(=O)n4C)cn1. The molecule has 10 nitrogen and oxygen atoms in total. The van der Waals surface area contributed by atoms with Crippen molar-refractivity contribution in [2.75, 3.05) is 39.5 Å². The highest BCUT2D eigenvalue weighted by atomic mass is 16.5. The first-order valence-corrected chi connectivity index (χ1v) is 14.0. The summed E-state index contributed by atoms with van der Waals surface area (Å²) in [5.74, 6) is 0. The van der Waals surface area contributed by atoms with Crippen molar-refractivity contribution in [2.24, 2.45) is 12.5 Å². The third kappa shape index (κ3) is 4.89. The van der Waals surface area contributed by atoms with E-state index >= 15 is 0 Å². The van der Waals surface area contributed by atoms with Crippen LogP contribution in [0.15, 0.2) is 41.3 Å². The summed E-state index contributed by atoms with van der Waals surface area (Å²) in [5.41, 5.74) is 4.70. The molecule has 40 heavy (non-hydrogen) atoms. The van der Waals surface area contributed by atoms with Gasteiger partial charge in [-0.25, -0.2) is 4.79 Å². The summed E-state index contributed by atoms with van der Waals surface area (Å²) in [7, 11) is 1.76. The highest BCUT2D eigenvalue weighted by Crippen LogP contribution is 2.32. The molecule has 0 amide bonds. The molecule has 2 fully saturated rings. The maximum absolute atomic E-state index is 13.3. The van der Waals surface area contributed by atoms with Crippen LogP contribution in [-0.2, 0) is 16.5 Å². The lowest BCUT2D eigenvalue weighted by atomic mass is 9.92. The van der Waals surface area contributed by atoms with E-state index in [1.807, 2.05) is 42.8 Å². The molecule has 2 atom stereocenters. The number of aryl methyl sites for hydroxylation is 1. The molecule has 4 aromatic rings. The molecule has 0 bridgehead atoms. The van der Waals surface area contributed by atoms with Crippen LogP contribution in [0.1, 0.15) is 50.9 Å². The van der Waals surface area contributed by atoms with Gasteiger partial charge in [-0.2, -0.15) is 5.26 Å². The van der Waals surface area contributed by atoms with Crippen molar-refractivity contribution < 1.29 is 9.47 Å². The molecule has 0 N–H and O–H groups in total. The van der Waals surface area contributed by atoms with Crippen molar-refractivity contribution in [3.05, 3.63) is 52.7 Å². The molecule has 0 radical (unpaired) electrons. The van der Waals surface area contributed by atoms with Crippen molar-refractivity contribution in [3.8, 4) is 17.2 Å². The Balaban J connectivity index is 1.22. The summed E-state index contributed by atoms with van der Waals surface area (Å²) < 4.78 is 15.1. The van der Waals surface area contributed by atoms with Gasteiger partial charge in [0.15, 0.2) is 5.65 Å². The van der Waals surface area contributed by atoms with E-state index in [1.165, 1.54) is 0 Å². The number of nitriles is 1. The maximum Gasteiger partial charge on any atom is 0.330 e. The summed E-state index contributed by atoms with van der Waals surface area (Å²) in [6, 6.07) is 12.6. The average Bonchev–Trinajstić information content (AvgIpc) is 3.50. The Morgan fingerprint density at radius 3 is 2.73 bits per heavy atom. The van der Waals surface area contributed by atoms with Gasteiger partial charge in [0, 0.05) is 56.5 Å². The first kappa shape index (κ1) is 26.6. The molecular formula is C30H35N7O3. The lowest BCUT2D eigenvalue weighted by Gasteiger charge is -2.23. The highest BCUT2D eigenvalue weighted by molar-refractivity contribution is 6.02. The zero-order valence-corrected chi connectivity index (χ0v) is 23.3. The van der Waals surface area contributed by atoms with Crippen LogP contribution in [0.3, 0.4) is 0 Å². The van der Waals surface area contributed by atoms with Gasteiger partial charge in [0.2, 0.25) is 0 Å². The quantitative estimate of drug-likeness (QED) is 0.345. The van der Waals surface area contributed by atoms with E-state index < -0.39 is 0 Å². The van der Waals surface area contributed by atoms with Crippen LogP contribution in [0.5, 0.6) is 0 Å². The molecule has 10 heteroatoms. The predicted molar refractivity (Wildman–Crippen MR) is 152 cm³/mol. The largest absolute Gasteiger partial charge is 0.381 e. The molecule has 5 heterocycles. The minimum Gasteiger partial charge on any atom is -0.381 e. The highest BCUT2D eigenvalue weighted by Gasteiger charge is 2.33. The maximum atomic E-state index is 13.3. The van der Waals surface area contributed by atoms with Crippen LogP contribution in [0.2, 0.25) is 0 Å². The van der Waals surface area contributed by atoms with E-state index in [9.17, 15) is 10.1 Å². The van der Waals surface area contributed by atoms with Crippen LogP contribution in [0, 0.1) is 16.7 Å². The molecule has 3 aromatic heterocycles. The number of imidazole rings is 1. The van der Waals surface area contributed by atoms with Crippen LogP contribution < -0.4 is 5.69 Å². The minimum atomic E-state index is -0.243. The normalized spacial score (nSPS) is 21.2. The van der Waals surface area contributed by atoms with Gasteiger partial charge in [-0.3, -0.25) is 19.0 Å². The van der Waals surface area contributed by atoms with Gasteiger partial charge in [0.1, 0.15) is 5.52 Å². The van der Waals surface area contributed by atoms with Crippen molar-refractivity contribution in [1.82, 2.24) is 29.2 Å². The number of pyridine rings is 1. The van der Waals surface area contributed by atoms with E-state index in [2.05, 4.69) is 33.3 Å². The molecule has 0 saturated carbocycles. The Hall–Kier alpha value is -3.65. The fourth-order valence-corrected chi connectivity index (χ4v) is 5.95. The van der Waals surface area contributed by atoms with Crippen molar-refractivity contribution in [3.63, 3.8) is 0 Å². The third-order valence-corrected chi connectivity index (χ3v) is 8.46. The summed E-state index contributed by atoms with van der Waals surface area (Å²) in [5, 5.41) is 19.1. The molecule has 0 aliphatic carbocycles. The zero-order chi connectivity index (χ0) is 27.9. The molecule has 2 aliphatic heterocycles. The number of hydrogen-bond donors (Lipinski definition) is 0.